The lowest BCUT2D eigenvalue weighted by Crippen LogP contribution is -2.15. The molecule has 0 radical (unpaired) electrons. The van der Waals surface area contributed by atoms with E-state index in [1.807, 2.05) is 0 Å². The lowest BCUT2D eigenvalue weighted by molar-refractivity contribution is -0.151. The summed E-state index contributed by atoms with van der Waals surface area (Å²) in [7, 11) is 0. The van der Waals surface area contributed by atoms with Crippen molar-refractivity contribution in [3.05, 3.63) is 0 Å². The molecule has 0 amide bonds. The zero-order valence-electron chi connectivity index (χ0n) is 15.5. The maximum atomic E-state index is 11.5. The molecule has 0 aliphatic heterocycles. The monoisotopic (exact) mass is 338 g/mol. The zero-order valence-corrected chi connectivity index (χ0v) is 15.5. The number of ether oxygens (including phenoxy) is 2. The molecule has 0 fully saturated rings. The zero-order chi connectivity index (χ0) is 18.0. The standard InChI is InChI=1S/C20H34O4/c1-4-6-7-8-9-10-11-12-13-14-17-23-19(21)15-16-20(22)24-18(3)5-2/h2,18H,4,6-17H2,1,3H3. The van der Waals surface area contributed by atoms with Crippen LogP contribution in [0.4, 0.5) is 0 Å². The van der Waals surface area contributed by atoms with Gasteiger partial charge < -0.3 is 9.47 Å². The van der Waals surface area contributed by atoms with Crippen LogP contribution in [0.25, 0.3) is 0 Å². The van der Waals surface area contributed by atoms with Crippen LogP contribution in [0.3, 0.4) is 0 Å². The molecule has 0 spiro atoms. The second-order valence-corrected chi connectivity index (χ2v) is 6.20. The second kappa shape index (κ2) is 16.4. The number of hydrogen-bond acceptors (Lipinski definition) is 4. The van der Waals surface area contributed by atoms with E-state index < -0.39 is 12.1 Å². The fourth-order valence-corrected chi connectivity index (χ4v) is 2.34. The Balaban J connectivity index is 3.35. The minimum Gasteiger partial charge on any atom is -0.466 e. The Labute approximate surface area is 147 Å². The molecule has 0 N–H and O–H groups in total. The molecule has 0 aromatic rings. The average Bonchev–Trinajstić information content (AvgIpc) is 2.57. The number of unbranched alkanes of at least 4 members (excludes halogenated alkanes) is 9. The molecule has 4 nitrogen and oxygen atoms in total. The fourth-order valence-electron chi connectivity index (χ4n) is 2.34. The van der Waals surface area contributed by atoms with Gasteiger partial charge in [-0.15, -0.1) is 6.42 Å². The number of rotatable bonds is 15. The highest BCUT2D eigenvalue weighted by Gasteiger charge is 2.11. The van der Waals surface area contributed by atoms with E-state index in [0.717, 1.165) is 12.8 Å². The molecule has 0 bridgehead atoms. The van der Waals surface area contributed by atoms with Crippen molar-refractivity contribution in [2.75, 3.05) is 6.61 Å². The maximum absolute atomic E-state index is 11.5. The van der Waals surface area contributed by atoms with Crippen molar-refractivity contribution in [3.63, 3.8) is 0 Å². The topological polar surface area (TPSA) is 52.6 Å². The molecule has 0 aliphatic rings. The normalized spacial score (nSPS) is 11.5. The van der Waals surface area contributed by atoms with E-state index in [1.54, 1.807) is 6.92 Å². The highest BCUT2D eigenvalue weighted by Crippen LogP contribution is 2.10. The Bertz CT molecular complexity index is 370. The number of carbonyl (C=O) groups is 2. The summed E-state index contributed by atoms with van der Waals surface area (Å²) in [6, 6.07) is 0. The molecule has 0 saturated heterocycles. The van der Waals surface area contributed by atoms with E-state index in [4.69, 9.17) is 15.9 Å². The van der Waals surface area contributed by atoms with Gasteiger partial charge in [-0.1, -0.05) is 70.6 Å². The van der Waals surface area contributed by atoms with Gasteiger partial charge in [-0.2, -0.15) is 0 Å². The molecule has 1 atom stereocenters. The molecule has 24 heavy (non-hydrogen) atoms. The predicted molar refractivity (Wildman–Crippen MR) is 96.4 cm³/mol. The van der Waals surface area contributed by atoms with Crippen LogP contribution < -0.4 is 0 Å². The van der Waals surface area contributed by atoms with Crippen molar-refractivity contribution in [3.8, 4) is 12.3 Å². The van der Waals surface area contributed by atoms with Gasteiger partial charge in [-0.25, -0.2) is 0 Å². The first-order valence-electron chi connectivity index (χ1n) is 9.41. The molecule has 0 heterocycles. The summed E-state index contributed by atoms with van der Waals surface area (Å²) < 4.78 is 9.99. The van der Waals surface area contributed by atoms with Crippen molar-refractivity contribution in [2.24, 2.45) is 0 Å². The third-order valence-corrected chi connectivity index (χ3v) is 3.84. The molecule has 0 aliphatic carbocycles. The fraction of sp³-hybridized carbons (Fsp3) is 0.800. The quantitative estimate of drug-likeness (QED) is 0.245. The molecular formula is C20H34O4. The minimum absolute atomic E-state index is 0.0168. The van der Waals surface area contributed by atoms with Crippen LogP contribution in [0.1, 0.15) is 90.9 Å². The minimum atomic E-state index is -0.555. The number of terminal acetylenes is 1. The number of carbonyl (C=O) groups excluding carboxylic acids is 2. The summed E-state index contributed by atoms with van der Waals surface area (Å²) in [6.07, 6.45) is 17.1. The van der Waals surface area contributed by atoms with Crippen molar-refractivity contribution in [1.29, 1.82) is 0 Å². The van der Waals surface area contributed by atoms with Gasteiger partial charge in [0, 0.05) is 0 Å². The molecule has 1 unspecified atom stereocenters. The van der Waals surface area contributed by atoms with Crippen molar-refractivity contribution < 1.29 is 19.1 Å². The Kier molecular flexibility index (Phi) is 15.3. The molecule has 4 heteroatoms. The van der Waals surface area contributed by atoms with Gasteiger partial charge >= 0.3 is 11.9 Å². The Morgan fingerprint density at radius 2 is 1.38 bits per heavy atom. The summed E-state index contributed by atoms with van der Waals surface area (Å²) in [5.41, 5.74) is 0. The van der Waals surface area contributed by atoms with E-state index in [-0.39, 0.29) is 18.8 Å². The first-order valence-corrected chi connectivity index (χ1v) is 9.41. The van der Waals surface area contributed by atoms with Gasteiger partial charge in [0.15, 0.2) is 6.10 Å². The predicted octanol–water partition coefficient (Wildman–Crippen LogP) is 4.80. The van der Waals surface area contributed by atoms with Gasteiger partial charge in [0.2, 0.25) is 0 Å². The summed E-state index contributed by atoms with van der Waals surface area (Å²) in [5, 5.41) is 0. The smallest absolute Gasteiger partial charge is 0.307 e. The van der Waals surface area contributed by atoms with Gasteiger partial charge in [0.1, 0.15) is 0 Å². The van der Waals surface area contributed by atoms with Crippen molar-refractivity contribution in [1.82, 2.24) is 0 Å². The largest absolute Gasteiger partial charge is 0.466 e. The molecule has 0 saturated carbocycles. The summed E-state index contributed by atoms with van der Waals surface area (Å²) in [6.45, 7) is 4.28. The van der Waals surface area contributed by atoms with E-state index >= 15 is 0 Å². The molecular weight excluding hydrogens is 304 g/mol. The highest BCUT2D eigenvalue weighted by atomic mass is 16.5. The van der Waals surface area contributed by atoms with E-state index in [2.05, 4.69) is 12.8 Å². The van der Waals surface area contributed by atoms with Crippen LogP contribution in [0.2, 0.25) is 0 Å². The summed E-state index contributed by atoms with van der Waals surface area (Å²) in [5.74, 6) is 1.49. The van der Waals surface area contributed by atoms with Crippen molar-refractivity contribution >= 4 is 11.9 Å². The maximum Gasteiger partial charge on any atom is 0.307 e. The first-order chi connectivity index (χ1) is 11.6. The molecule has 0 rings (SSSR count). The molecule has 0 aromatic heterocycles. The van der Waals surface area contributed by atoms with Crippen LogP contribution in [-0.4, -0.2) is 24.6 Å². The Hall–Kier alpha value is -1.50. The van der Waals surface area contributed by atoms with E-state index in [9.17, 15) is 9.59 Å². The summed E-state index contributed by atoms with van der Waals surface area (Å²) >= 11 is 0. The second-order valence-electron chi connectivity index (χ2n) is 6.20. The van der Waals surface area contributed by atoms with Gasteiger partial charge in [0.25, 0.3) is 0 Å². The number of hydrogen-bond donors (Lipinski definition) is 0. The van der Waals surface area contributed by atoms with Crippen LogP contribution in [-0.2, 0) is 19.1 Å². The molecule has 0 aromatic carbocycles. The third-order valence-electron chi connectivity index (χ3n) is 3.84. The first kappa shape index (κ1) is 22.5. The molecule has 138 valence electrons. The van der Waals surface area contributed by atoms with Gasteiger partial charge in [-0.05, 0) is 13.3 Å². The van der Waals surface area contributed by atoms with Gasteiger partial charge in [-0.3, -0.25) is 9.59 Å². The van der Waals surface area contributed by atoms with Crippen LogP contribution in [0, 0.1) is 12.3 Å². The van der Waals surface area contributed by atoms with Crippen molar-refractivity contribution in [2.45, 2.75) is 97.0 Å². The summed E-state index contributed by atoms with van der Waals surface area (Å²) in [4.78, 5) is 22.8. The Morgan fingerprint density at radius 3 is 1.92 bits per heavy atom. The average molecular weight is 338 g/mol. The highest BCUT2D eigenvalue weighted by molar-refractivity contribution is 5.77. The number of esters is 2. The van der Waals surface area contributed by atoms with Gasteiger partial charge in [0.05, 0.1) is 19.4 Å². The van der Waals surface area contributed by atoms with E-state index in [1.165, 1.54) is 51.4 Å². The van der Waals surface area contributed by atoms with Crippen LogP contribution >= 0.6 is 0 Å². The van der Waals surface area contributed by atoms with E-state index in [0.29, 0.717) is 6.61 Å². The lowest BCUT2D eigenvalue weighted by atomic mass is 10.1. The van der Waals surface area contributed by atoms with Crippen LogP contribution in [0.15, 0.2) is 0 Å². The lowest BCUT2D eigenvalue weighted by Gasteiger charge is -2.07. The Morgan fingerprint density at radius 1 is 0.875 bits per heavy atom. The third kappa shape index (κ3) is 15.4. The SMILES string of the molecule is C#CC(C)OC(=O)CCC(=O)OCCCCCCCCCCCC. The van der Waals surface area contributed by atoms with Crippen LogP contribution in [0.5, 0.6) is 0 Å².